The van der Waals surface area contributed by atoms with Gasteiger partial charge in [0.2, 0.25) is 29.6 Å². The number of hydrogen-bond donors (Lipinski definition) is 10. The molecular weight excluding hydrogens is 1720 g/mol. The number of benzene rings is 6. The summed E-state index contributed by atoms with van der Waals surface area (Å²) in [6, 6.07) is 47.6. The summed E-state index contributed by atoms with van der Waals surface area (Å²) in [6.45, 7) is 26.9. The fourth-order valence-corrected chi connectivity index (χ4v) is 14.7. The molecule has 0 bridgehead atoms. The van der Waals surface area contributed by atoms with Crippen molar-refractivity contribution in [1.29, 1.82) is 0 Å². The molecule has 0 radical (unpaired) electrons. The van der Waals surface area contributed by atoms with Crippen molar-refractivity contribution in [2.24, 2.45) is 14.1 Å². The molecule has 11 heterocycles. The number of fused-ring (bicyclic) bond motifs is 3. The van der Waals surface area contributed by atoms with Gasteiger partial charge < -0.3 is 72.3 Å². The lowest BCUT2D eigenvalue weighted by Gasteiger charge is -2.34. The second-order valence-corrected chi connectivity index (χ2v) is 33.1. The number of piperidine rings is 1. The largest absolute Gasteiger partial charge is 0.382 e. The molecule has 2 aliphatic rings. The zero-order chi connectivity index (χ0) is 96.1. The Hall–Kier alpha value is -17.3. The molecular formula is C100H104N28O8. The highest BCUT2D eigenvalue weighted by Gasteiger charge is 2.33. The number of nitrogens with zero attached hydrogens (tertiary/aromatic N) is 18. The molecule has 9 aromatic heterocycles. The van der Waals surface area contributed by atoms with Crippen molar-refractivity contribution in [1.82, 2.24) is 93.3 Å². The number of likely N-dealkylation sites (tertiary alicyclic amines) is 1. The van der Waals surface area contributed by atoms with Gasteiger partial charge in [-0.05, 0) is 184 Å². The van der Waals surface area contributed by atoms with Crippen LogP contribution in [0.2, 0.25) is 0 Å². The molecule has 2 aliphatic heterocycles. The molecule has 136 heavy (non-hydrogen) atoms. The average Bonchev–Trinajstić information content (AvgIpc) is 1.60. The number of nitrogen functional groups attached to an aromatic ring is 1. The van der Waals surface area contributed by atoms with Crippen LogP contribution in [0.15, 0.2) is 281 Å². The Morgan fingerprint density at radius 3 is 2.03 bits per heavy atom. The summed E-state index contributed by atoms with van der Waals surface area (Å²) >= 11 is 0. The molecule has 0 aliphatic carbocycles. The van der Waals surface area contributed by atoms with Gasteiger partial charge >= 0.3 is 0 Å². The molecule has 1 atom stereocenters. The van der Waals surface area contributed by atoms with Crippen molar-refractivity contribution in [2.75, 3.05) is 102 Å². The SMILES string of the molecule is C=CC(=C)Nc1cccc(-c2nc(Nc3ccc(C(=O)N4CCOCC4)cc3)nc3[nH]ncc23)c1.C=CC(=O)Nc1cccc(Cn2ncc3cnc(Nc4cnn(C)c4)nc32)c1.C=CC(=O)Nc1cccc(Nc2nc(NC(=O)c3cccc(C(C)(C)C)c3)cn(C)c2=O)c1.Cc1ccnc(NC(=O)c2ccc(-c3nc([C@@H]4CCCCN4C(=O)/C=C/CN(C)C)n4ccnc(N)c34)cc2)c1. The first-order chi connectivity index (χ1) is 65.6. The minimum Gasteiger partial charge on any atom is -0.382 e. The van der Waals surface area contributed by atoms with Crippen molar-refractivity contribution in [3.05, 3.63) is 325 Å². The van der Waals surface area contributed by atoms with Gasteiger partial charge in [-0.2, -0.15) is 25.3 Å². The fourth-order valence-electron chi connectivity index (χ4n) is 14.7. The second kappa shape index (κ2) is 43.6. The van der Waals surface area contributed by atoms with E-state index >= 15 is 0 Å². The van der Waals surface area contributed by atoms with Crippen LogP contribution < -0.4 is 53.8 Å². The number of rotatable bonds is 26. The molecule has 2 fully saturated rings. The maximum Gasteiger partial charge on any atom is 0.293 e. The number of H-pyrrole nitrogens is 1. The van der Waals surface area contributed by atoms with Crippen molar-refractivity contribution < 1.29 is 33.5 Å². The number of hydrogen-bond acceptors (Lipinski definition) is 25. The molecule has 15 aromatic rings. The first-order valence-corrected chi connectivity index (χ1v) is 43.6. The number of morpholine rings is 1. The minimum atomic E-state index is -0.372. The van der Waals surface area contributed by atoms with Crippen LogP contribution in [0.4, 0.5) is 69.3 Å². The standard InChI is InChI=1S/C30H34N8O2.C26H25N7O2.C25H27N5O3.C19H18N8O/c1-20-13-14-32-24(19-20)34-30(40)22-11-9-21(10-12-22)26-27-28(31)33-15-18-38(27)29(35-26)23-7-4-5-17-37(23)25(39)8-6-16-36(2)3;1-3-17(2)28-21-6-4-5-19(15-21)23-22-16-27-32-24(22)31-26(30-23)29-20-9-7-18(8-10-20)25(34)33-11-13-35-14-12-33;1-6-21(31)26-18-11-8-12-19(14-18)27-22-24(33)30(5)15-20(28-22)29-23(32)16-9-7-10-17(13-16)25(2,3)4;1-3-17(28)23-15-6-4-5-13(7-15)11-27-18-14(9-22-27)8-20-19(25-18)24-16-10-21-26(2)12-16/h6,8-15,18-19,23H,4-5,7,16-17H2,1-3H3,(H2,31,33)(H,32,34,40);3-10,15-16,28H,1-2,11-14H2,(H2,27,29,30,31,32);6-15H,1H2,2-5H3,(H,26,31)(H,27,28)(H,29,32);3-10,12H,1,11H2,2H3,(H,23,28)(H,20,24,25)/b8-6+;;;/t23-;;;/m0.../s1. The number of pyridine rings is 1. The van der Waals surface area contributed by atoms with Gasteiger partial charge in [-0.1, -0.05) is 108 Å². The van der Waals surface area contributed by atoms with Crippen LogP contribution >= 0.6 is 0 Å². The van der Waals surface area contributed by atoms with Gasteiger partial charge in [-0.15, -0.1) is 0 Å². The van der Waals surface area contributed by atoms with Crippen LogP contribution in [0.1, 0.15) is 99.7 Å². The van der Waals surface area contributed by atoms with Gasteiger partial charge in [0, 0.05) is 145 Å². The van der Waals surface area contributed by atoms with E-state index < -0.39 is 0 Å². The Balaban J connectivity index is 0.000000146. The number of aromatic nitrogens is 16. The smallest absolute Gasteiger partial charge is 0.293 e. The van der Waals surface area contributed by atoms with Gasteiger partial charge in [0.15, 0.2) is 22.9 Å². The topological polar surface area (TPSA) is 437 Å². The molecule has 692 valence electrons. The van der Waals surface area contributed by atoms with E-state index in [-0.39, 0.29) is 64.1 Å². The van der Waals surface area contributed by atoms with E-state index in [9.17, 15) is 33.6 Å². The molecule has 0 saturated carbocycles. The summed E-state index contributed by atoms with van der Waals surface area (Å²) in [4.78, 5) is 129. The summed E-state index contributed by atoms with van der Waals surface area (Å²) in [7, 11) is 7.35. The lowest BCUT2D eigenvalue weighted by atomic mass is 9.86. The molecule has 6 aromatic carbocycles. The predicted octanol–water partition coefficient (Wildman–Crippen LogP) is 15.1. The molecule has 36 heteroatoms. The van der Waals surface area contributed by atoms with Crippen LogP contribution in [0.3, 0.4) is 0 Å². The van der Waals surface area contributed by atoms with E-state index in [1.807, 2.05) is 164 Å². The molecule has 36 nitrogen and oxygen atoms in total. The van der Waals surface area contributed by atoms with Gasteiger partial charge in [-0.25, -0.2) is 34.6 Å². The number of nitrogens with one attached hydrogen (secondary N) is 9. The monoisotopic (exact) mass is 1820 g/mol. The van der Waals surface area contributed by atoms with Crippen LogP contribution in [0.25, 0.3) is 50.1 Å². The molecule has 0 spiro atoms. The number of ether oxygens (including phenoxy) is 1. The lowest BCUT2D eigenvalue weighted by Crippen LogP contribution is -2.40. The van der Waals surface area contributed by atoms with E-state index in [1.165, 1.54) is 22.9 Å². The Morgan fingerprint density at radius 2 is 1.31 bits per heavy atom. The second-order valence-electron chi connectivity index (χ2n) is 33.1. The summed E-state index contributed by atoms with van der Waals surface area (Å²) < 4.78 is 12.1. The predicted molar refractivity (Wildman–Crippen MR) is 530 cm³/mol. The number of likely N-dealkylation sites (N-methyl/N-ethyl adjacent to an activating group) is 1. The molecule has 2 saturated heterocycles. The molecule has 6 amide bonds. The number of aryl methyl sites for hydroxylation is 3. The normalized spacial score (nSPS) is 12.9. The average molecular weight is 1830 g/mol. The van der Waals surface area contributed by atoms with Gasteiger partial charge in [-0.3, -0.25) is 47.7 Å². The number of nitrogens with two attached hydrogens (primary N) is 1. The zero-order valence-corrected chi connectivity index (χ0v) is 76.5. The third-order valence-electron chi connectivity index (χ3n) is 21.6. The minimum absolute atomic E-state index is 0.00453. The van der Waals surface area contributed by atoms with Crippen LogP contribution in [0.5, 0.6) is 0 Å². The summed E-state index contributed by atoms with van der Waals surface area (Å²) in [5.74, 6) is 1.55. The van der Waals surface area contributed by atoms with E-state index in [4.69, 9.17) is 20.4 Å². The highest BCUT2D eigenvalue weighted by atomic mass is 16.5. The van der Waals surface area contributed by atoms with Gasteiger partial charge in [0.05, 0.1) is 66.5 Å². The zero-order valence-electron chi connectivity index (χ0n) is 76.5. The molecule has 17 rings (SSSR count). The third kappa shape index (κ3) is 24.5. The van der Waals surface area contributed by atoms with Gasteiger partial charge in [0.25, 0.3) is 23.3 Å². The highest BCUT2D eigenvalue weighted by molar-refractivity contribution is 6.05. The number of allylic oxidation sites excluding steroid dienone is 1. The maximum absolute atomic E-state index is 13.2. The van der Waals surface area contributed by atoms with Crippen molar-refractivity contribution in [3.63, 3.8) is 0 Å². The number of amides is 6. The first-order valence-electron chi connectivity index (χ1n) is 43.6. The number of carbonyl (C=O) groups is 6. The maximum atomic E-state index is 13.2. The molecule has 0 unspecified atom stereocenters. The summed E-state index contributed by atoms with van der Waals surface area (Å²) in [5.41, 5.74) is 20.6. The highest BCUT2D eigenvalue weighted by Crippen LogP contribution is 2.38. The fraction of sp³-hybridized carbons (Fsp3) is 0.200. The first kappa shape index (κ1) is 94.8. The van der Waals surface area contributed by atoms with Crippen molar-refractivity contribution in [2.45, 2.75) is 65.0 Å². The Bertz CT molecular complexity index is 7040. The van der Waals surface area contributed by atoms with E-state index in [1.54, 1.807) is 125 Å². The lowest BCUT2D eigenvalue weighted by molar-refractivity contribution is -0.130. The van der Waals surface area contributed by atoms with E-state index in [0.29, 0.717) is 131 Å². The number of anilines is 12. The van der Waals surface area contributed by atoms with E-state index in [2.05, 4.69) is 140 Å². The Labute approximate surface area is 783 Å². The van der Waals surface area contributed by atoms with Crippen molar-refractivity contribution in [3.8, 4) is 22.5 Å². The number of imidazole rings is 1. The van der Waals surface area contributed by atoms with Crippen molar-refractivity contribution >= 4 is 132 Å². The number of carbonyl (C=O) groups excluding carboxylic acids is 6. The van der Waals surface area contributed by atoms with E-state index in [0.717, 1.165) is 86.4 Å². The number of aromatic amines is 1. The van der Waals surface area contributed by atoms with Crippen LogP contribution in [-0.4, -0.2) is 182 Å². The van der Waals surface area contributed by atoms with Gasteiger partial charge in [0.1, 0.15) is 28.7 Å². The van der Waals surface area contributed by atoms with Crippen LogP contribution in [-0.2, 0) is 45.2 Å². The summed E-state index contributed by atoms with van der Waals surface area (Å²) in [6.07, 6.45) is 25.7. The Kier molecular flexibility index (Phi) is 30.4. The van der Waals surface area contributed by atoms with Crippen LogP contribution in [0, 0.1) is 6.92 Å². The third-order valence-corrected chi connectivity index (χ3v) is 21.6. The Morgan fingerprint density at radius 1 is 0.610 bits per heavy atom. The summed E-state index contributed by atoms with van der Waals surface area (Å²) in [5, 5.41) is 40.8. The quantitative estimate of drug-likeness (QED) is 0.0178. The molecule has 11 N–H and O–H groups in total.